The molecule has 1 heterocycles. The van der Waals surface area contributed by atoms with Crippen LogP contribution in [0, 0.1) is 0 Å². The molecule has 1 aromatic carbocycles. The Hall–Kier alpha value is -0.470. The maximum atomic E-state index is 3.63. The van der Waals surface area contributed by atoms with E-state index in [-0.39, 0.29) is 0 Å². The standard InChI is InChI=1S/C13H19NS/c1-4-8-13(9-5-1)15-11-12-7-3-2-6-10-14-12/h1,4-5,8-9,12,14H,2-3,6-7,10-11H2. The van der Waals surface area contributed by atoms with Gasteiger partial charge in [-0.05, 0) is 31.5 Å². The van der Waals surface area contributed by atoms with E-state index in [2.05, 4.69) is 35.6 Å². The fourth-order valence-corrected chi connectivity index (χ4v) is 2.98. The molecule has 2 heteroatoms. The molecule has 1 unspecified atom stereocenters. The Labute approximate surface area is 96.7 Å². The topological polar surface area (TPSA) is 12.0 Å². The quantitative estimate of drug-likeness (QED) is 0.786. The molecule has 1 nitrogen and oxygen atoms in total. The van der Waals surface area contributed by atoms with Gasteiger partial charge in [-0.15, -0.1) is 11.8 Å². The average Bonchev–Trinajstić information content (AvgIpc) is 2.56. The van der Waals surface area contributed by atoms with Crippen molar-refractivity contribution >= 4 is 11.8 Å². The predicted octanol–water partition coefficient (Wildman–Crippen LogP) is 3.31. The highest BCUT2D eigenvalue weighted by molar-refractivity contribution is 7.99. The molecule has 0 aliphatic carbocycles. The van der Waals surface area contributed by atoms with Gasteiger partial charge >= 0.3 is 0 Å². The first-order valence-corrected chi connectivity index (χ1v) is 6.85. The van der Waals surface area contributed by atoms with Crippen molar-refractivity contribution in [2.75, 3.05) is 12.3 Å². The summed E-state index contributed by atoms with van der Waals surface area (Å²) in [5, 5.41) is 3.63. The molecule has 0 aromatic heterocycles. The lowest BCUT2D eigenvalue weighted by molar-refractivity contribution is 0.558. The van der Waals surface area contributed by atoms with Gasteiger partial charge in [0, 0.05) is 16.7 Å². The van der Waals surface area contributed by atoms with Crippen LogP contribution in [0.5, 0.6) is 0 Å². The molecule has 0 saturated carbocycles. The smallest absolute Gasteiger partial charge is 0.0161 e. The second-order valence-corrected chi connectivity index (χ2v) is 5.22. The first-order valence-electron chi connectivity index (χ1n) is 5.86. The van der Waals surface area contributed by atoms with Crippen LogP contribution >= 0.6 is 11.8 Å². The van der Waals surface area contributed by atoms with Gasteiger partial charge < -0.3 is 5.32 Å². The Bertz CT molecular complexity index is 265. The highest BCUT2D eigenvalue weighted by Crippen LogP contribution is 2.20. The van der Waals surface area contributed by atoms with Crippen molar-refractivity contribution in [3.05, 3.63) is 30.3 Å². The maximum Gasteiger partial charge on any atom is 0.0161 e. The van der Waals surface area contributed by atoms with Crippen LogP contribution in [-0.4, -0.2) is 18.3 Å². The van der Waals surface area contributed by atoms with Gasteiger partial charge in [0.25, 0.3) is 0 Å². The number of hydrogen-bond donors (Lipinski definition) is 1. The molecule has 1 aliphatic heterocycles. The summed E-state index contributed by atoms with van der Waals surface area (Å²) >= 11 is 1.97. The van der Waals surface area contributed by atoms with E-state index in [1.165, 1.54) is 42.9 Å². The van der Waals surface area contributed by atoms with E-state index in [0.29, 0.717) is 0 Å². The fourth-order valence-electron chi connectivity index (χ4n) is 1.96. The van der Waals surface area contributed by atoms with Crippen LogP contribution in [0.4, 0.5) is 0 Å². The summed E-state index contributed by atoms with van der Waals surface area (Å²) in [5.41, 5.74) is 0. The molecule has 1 atom stereocenters. The van der Waals surface area contributed by atoms with Crippen LogP contribution in [0.1, 0.15) is 25.7 Å². The number of hydrogen-bond acceptors (Lipinski definition) is 2. The Balaban J connectivity index is 1.77. The van der Waals surface area contributed by atoms with Crippen LogP contribution in [-0.2, 0) is 0 Å². The van der Waals surface area contributed by atoms with Crippen LogP contribution in [0.3, 0.4) is 0 Å². The molecule has 0 bridgehead atoms. The molecule has 1 N–H and O–H groups in total. The van der Waals surface area contributed by atoms with E-state index < -0.39 is 0 Å². The van der Waals surface area contributed by atoms with Crippen molar-refractivity contribution in [3.8, 4) is 0 Å². The van der Waals surface area contributed by atoms with Crippen LogP contribution in [0.15, 0.2) is 35.2 Å². The van der Waals surface area contributed by atoms with Gasteiger partial charge in [0.1, 0.15) is 0 Å². The minimum Gasteiger partial charge on any atom is -0.313 e. The SMILES string of the molecule is c1ccc(SCC2CCCCCN2)cc1. The summed E-state index contributed by atoms with van der Waals surface area (Å²) in [7, 11) is 0. The molecule has 1 fully saturated rings. The van der Waals surface area contributed by atoms with Crippen LogP contribution in [0.25, 0.3) is 0 Å². The molecule has 15 heavy (non-hydrogen) atoms. The monoisotopic (exact) mass is 221 g/mol. The minimum atomic E-state index is 0.720. The Morgan fingerprint density at radius 1 is 1.13 bits per heavy atom. The van der Waals surface area contributed by atoms with E-state index in [1.54, 1.807) is 0 Å². The van der Waals surface area contributed by atoms with Crippen molar-refractivity contribution in [2.45, 2.75) is 36.6 Å². The largest absolute Gasteiger partial charge is 0.313 e. The Morgan fingerprint density at radius 2 is 2.00 bits per heavy atom. The highest BCUT2D eigenvalue weighted by atomic mass is 32.2. The maximum absolute atomic E-state index is 3.63. The molecule has 82 valence electrons. The third kappa shape index (κ3) is 3.88. The predicted molar refractivity (Wildman–Crippen MR) is 67.4 cm³/mol. The second-order valence-electron chi connectivity index (χ2n) is 4.12. The van der Waals surface area contributed by atoms with Crippen molar-refractivity contribution in [1.29, 1.82) is 0 Å². The van der Waals surface area contributed by atoms with Gasteiger partial charge in [-0.2, -0.15) is 0 Å². The normalized spacial score (nSPS) is 22.3. The third-order valence-corrected chi connectivity index (χ3v) is 4.03. The van der Waals surface area contributed by atoms with E-state index >= 15 is 0 Å². The lowest BCUT2D eigenvalue weighted by Gasteiger charge is -2.14. The van der Waals surface area contributed by atoms with Gasteiger partial charge in [0.05, 0.1) is 0 Å². The van der Waals surface area contributed by atoms with Crippen molar-refractivity contribution in [2.24, 2.45) is 0 Å². The molecule has 0 radical (unpaired) electrons. The van der Waals surface area contributed by atoms with Gasteiger partial charge in [0.2, 0.25) is 0 Å². The van der Waals surface area contributed by atoms with Crippen molar-refractivity contribution in [1.82, 2.24) is 5.32 Å². The molecular weight excluding hydrogens is 202 g/mol. The van der Waals surface area contributed by atoms with Crippen LogP contribution in [0.2, 0.25) is 0 Å². The second kappa shape index (κ2) is 6.19. The summed E-state index contributed by atoms with van der Waals surface area (Å²) in [6, 6.07) is 11.4. The molecule has 2 rings (SSSR count). The molecule has 1 saturated heterocycles. The van der Waals surface area contributed by atoms with E-state index in [0.717, 1.165) is 6.04 Å². The third-order valence-electron chi connectivity index (χ3n) is 2.86. The average molecular weight is 221 g/mol. The van der Waals surface area contributed by atoms with Gasteiger partial charge in [-0.3, -0.25) is 0 Å². The zero-order chi connectivity index (χ0) is 10.3. The molecular formula is C13H19NS. The van der Waals surface area contributed by atoms with E-state index in [9.17, 15) is 0 Å². The summed E-state index contributed by atoms with van der Waals surface area (Å²) < 4.78 is 0. The highest BCUT2D eigenvalue weighted by Gasteiger charge is 2.11. The van der Waals surface area contributed by atoms with Crippen LogP contribution < -0.4 is 5.32 Å². The van der Waals surface area contributed by atoms with Crippen molar-refractivity contribution < 1.29 is 0 Å². The molecule has 0 amide bonds. The number of thioether (sulfide) groups is 1. The molecule has 0 spiro atoms. The molecule has 1 aliphatic rings. The van der Waals surface area contributed by atoms with Gasteiger partial charge in [-0.25, -0.2) is 0 Å². The first kappa shape index (κ1) is 11.0. The van der Waals surface area contributed by atoms with E-state index in [1.807, 2.05) is 11.8 Å². The lowest BCUT2D eigenvalue weighted by Crippen LogP contribution is -2.30. The minimum absolute atomic E-state index is 0.720. The summed E-state index contributed by atoms with van der Waals surface area (Å²) in [6.45, 7) is 1.21. The van der Waals surface area contributed by atoms with Gasteiger partial charge in [0.15, 0.2) is 0 Å². The number of nitrogens with one attached hydrogen (secondary N) is 1. The zero-order valence-electron chi connectivity index (χ0n) is 9.11. The first-order chi connectivity index (χ1) is 7.45. The number of rotatable bonds is 3. The van der Waals surface area contributed by atoms with Gasteiger partial charge in [-0.1, -0.05) is 31.0 Å². The summed E-state index contributed by atoms with van der Waals surface area (Å²) in [4.78, 5) is 1.39. The van der Waals surface area contributed by atoms with Crippen molar-refractivity contribution in [3.63, 3.8) is 0 Å². The molecule has 1 aromatic rings. The Morgan fingerprint density at radius 3 is 2.87 bits per heavy atom. The summed E-state index contributed by atoms with van der Waals surface area (Å²) in [6.07, 6.45) is 5.50. The lowest BCUT2D eigenvalue weighted by atomic mass is 10.1. The Kier molecular flexibility index (Phi) is 4.55. The zero-order valence-corrected chi connectivity index (χ0v) is 9.93. The van der Waals surface area contributed by atoms with E-state index in [4.69, 9.17) is 0 Å². The number of benzene rings is 1. The fraction of sp³-hybridized carbons (Fsp3) is 0.538. The summed E-state index contributed by atoms with van der Waals surface area (Å²) in [5.74, 6) is 1.21.